The number of nitrogens with two attached hydrogens (primary N) is 1. The van der Waals surface area contributed by atoms with E-state index in [2.05, 4.69) is 15.9 Å². The number of rotatable bonds is 2. The van der Waals surface area contributed by atoms with E-state index in [-0.39, 0.29) is 5.75 Å². The number of halogens is 1. The summed E-state index contributed by atoms with van der Waals surface area (Å²) in [6.07, 6.45) is -0.680. The molecular weight excluding hydrogens is 234 g/mol. The first-order valence-corrected chi connectivity index (χ1v) is 4.74. The lowest BCUT2D eigenvalue weighted by atomic mass is 10.0. The molecule has 0 aliphatic heterocycles. The minimum Gasteiger partial charge on any atom is -0.506 e. The molecule has 72 valence electrons. The number of aliphatic hydroxyl groups is 1. The van der Waals surface area contributed by atoms with Crippen LogP contribution in [0.1, 0.15) is 18.5 Å². The van der Waals surface area contributed by atoms with Crippen molar-refractivity contribution in [2.24, 2.45) is 5.73 Å². The summed E-state index contributed by atoms with van der Waals surface area (Å²) in [6.45, 7) is 1.59. The summed E-state index contributed by atoms with van der Waals surface area (Å²) >= 11 is 3.18. The first-order chi connectivity index (χ1) is 6.04. The highest BCUT2D eigenvalue weighted by molar-refractivity contribution is 9.10. The largest absolute Gasteiger partial charge is 0.506 e. The molecule has 0 heterocycles. The van der Waals surface area contributed by atoms with Gasteiger partial charge in [0.2, 0.25) is 0 Å². The van der Waals surface area contributed by atoms with Crippen LogP contribution in [0.4, 0.5) is 0 Å². The van der Waals surface area contributed by atoms with Crippen LogP contribution in [-0.4, -0.2) is 16.3 Å². The molecule has 0 saturated carbocycles. The van der Waals surface area contributed by atoms with Crippen LogP contribution >= 0.6 is 15.9 Å². The molecule has 1 aromatic carbocycles. The van der Waals surface area contributed by atoms with Gasteiger partial charge in [0.15, 0.2) is 0 Å². The van der Waals surface area contributed by atoms with Gasteiger partial charge in [-0.15, -0.1) is 0 Å². The Labute approximate surface area is 85.3 Å². The van der Waals surface area contributed by atoms with Gasteiger partial charge in [-0.3, -0.25) is 0 Å². The smallest absolute Gasteiger partial charge is 0.134 e. The van der Waals surface area contributed by atoms with Gasteiger partial charge in [-0.2, -0.15) is 0 Å². The Morgan fingerprint density at radius 1 is 1.46 bits per heavy atom. The maximum atomic E-state index is 9.58. The molecule has 2 atom stereocenters. The molecule has 1 rings (SSSR count). The second kappa shape index (κ2) is 4.09. The second-order valence-corrected chi connectivity index (χ2v) is 3.80. The zero-order valence-electron chi connectivity index (χ0n) is 7.24. The average Bonchev–Trinajstić information content (AvgIpc) is 2.08. The van der Waals surface area contributed by atoms with Crippen LogP contribution in [0.15, 0.2) is 22.7 Å². The molecule has 4 heteroatoms. The van der Waals surface area contributed by atoms with Crippen molar-refractivity contribution in [3.63, 3.8) is 0 Å². The number of phenolic OH excluding ortho intramolecular Hbond substituents is 1. The van der Waals surface area contributed by atoms with Gasteiger partial charge in [-0.25, -0.2) is 0 Å². The van der Waals surface area contributed by atoms with Crippen LogP contribution < -0.4 is 5.73 Å². The highest BCUT2D eigenvalue weighted by Gasteiger charge is 2.16. The van der Waals surface area contributed by atoms with E-state index in [4.69, 9.17) is 5.73 Å². The van der Waals surface area contributed by atoms with Crippen molar-refractivity contribution < 1.29 is 10.2 Å². The van der Waals surface area contributed by atoms with Crippen molar-refractivity contribution >= 4 is 15.9 Å². The topological polar surface area (TPSA) is 66.5 Å². The molecule has 13 heavy (non-hydrogen) atoms. The third kappa shape index (κ3) is 2.21. The molecule has 3 nitrogen and oxygen atoms in total. The normalized spacial score (nSPS) is 15.4. The Kier molecular flexibility index (Phi) is 3.30. The molecule has 0 amide bonds. The van der Waals surface area contributed by atoms with Crippen molar-refractivity contribution in [3.05, 3.63) is 28.2 Å². The second-order valence-electron chi connectivity index (χ2n) is 2.94. The van der Waals surface area contributed by atoms with Gasteiger partial charge in [-0.05, 0) is 28.9 Å². The lowest BCUT2D eigenvalue weighted by Crippen LogP contribution is -2.23. The van der Waals surface area contributed by atoms with Crippen LogP contribution in [0.25, 0.3) is 0 Å². The molecule has 4 N–H and O–H groups in total. The Morgan fingerprint density at radius 3 is 2.62 bits per heavy atom. The molecule has 0 fully saturated rings. The lowest BCUT2D eigenvalue weighted by molar-refractivity contribution is 0.163. The van der Waals surface area contributed by atoms with E-state index in [1.807, 2.05) is 0 Å². The zero-order chi connectivity index (χ0) is 10.0. The summed E-state index contributed by atoms with van der Waals surface area (Å²) in [5, 5.41) is 18.8. The maximum absolute atomic E-state index is 9.58. The fourth-order valence-electron chi connectivity index (χ4n) is 1.06. The van der Waals surface area contributed by atoms with Gasteiger partial charge in [0.1, 0.15) is 5.75 Å². The van der Waals surface area contributed by atoms with E-state index in [0.29, 0.717) is 10.0 Å². The van der Waals surface area contributed by atoms with Crippen LogP contribution in [0.2, 0.25) is 0 Å². The van der Waals surface area contributed by atoms with Gasteiger partial charge in [0, 0.05) is 5.56 Å². The Morgan fingerprint density at radius 2 is 2.08 bits per heavy atom. The third-order valence-electron chi connectivity index (χ3n) is 1.90. The predicted molar refractivity (Wildman–Crippen MR) is 54.4 cm³/mol. The Hall–Kier alpha value is -0.580. The fourth-order valence-corrected chi connectivity index (χ4v) is 1.44. The number of benzene rings is 1. The third-order valence-corrected chi connectivity index (χ3v) is 2.54. The van der Waals surface area contributed by atoms with E-state index in [1.165, 1.54) is 0 Å². The molecular formula is C9H12BrNO2. The average molecular weight is 246 g/mol. The summed E-state index contributed by atoms with van der Waals surface area (Å²) < 4.78 is 0.584. The lowest BCUT2D eigenvalue weighted by Gasteiger charge is -2.16. The predicted octanol–water partition coefficient (Wildman–Crippen LogP) is 1.54. The van der Waals surface area contributed by atoms with Gasteiger partial charge in [0.25, 0.3) is 0 Å². The molecule has 1 unspecified atom stereocenters. The molecule has 0 bridgehead atoms. The van der Waals surface area contributed by atoms with E-state index in [9.17, 15) is 10.2 Å². The van der Waals surface area contributed by atoms with Gasteiger partial charge >= 0.3 is 0 Å². The van der Waals surface area contributed by atoms with Crippen molar-refractivity contribution in [2.45, 2.75) is 19.1 Å². The first kappa shape index (κ1) is 10.5. The van der Waals surface area contributed by atoms with Crippen LogP contribution in [0.3, 0.4) is 0 Å². The van der Waals surface area contributed by atoms with E-state index in [0.717, 1.165) is 0 Å². The number of aromatic hydroxyl groups is 1. The first-order valence-electron chi connectivity index (χ1n) is 3.95. The molecule has 0 aliphatic rings. The number of para-hydroxylation sites is 1. The Balaban J connectivity index is 3.07. The monoisotopic (exact) mass is 245 g/mol. The molecule has 1 aromatic rings. The summed E-state index contributed by atoms with van der Waals surface area (Å²) in [7, 11) is 0. The zero-order valence-corrected chi connectivity index (χ0v) is 8.82. The van der Waals surface area contributed by atoms with Crippen molar-refractivity contribution in [1.82, 2.24) is 0 Å². The number of phenols is 1. The SMILES string of the molecule is CC(O)[C@H](N)c1cccc(Br)c1O. The van der Waals surface area contributed by atoms with Crippen molar-refractivity contribution in [3.8, 4) is 5.75 Å². The standard InChI is InChI=1S/C9H12BrNO2/c1-5(12)8(11)6-3-2-4-7(10)9(6)13/h2-5,8,12-13H,11H2,1H3/t5?,8-/m0/s1. The van der Waals surface area contributed by atoms with Gasteiger partial charge in [0.05, 0.1) is 16.6 Å². The fraction of sp³-hybridized carbons (Fsp3) is 0.333. The molecule has 0 aliphatic carbocycles. The van der Waals surface area contributed by atoms with E-state index >= 15 is 0 Å². The van der Waals surface area contributed by atoms with E-state index in [1.54, 1.807) is 25.1 Å². The molecule has 0 saturated heterocycles. The van der Waals surface area contributed by atoms with Crippen molar-refractivity contribution in [2.75, 3.05) is 0 Å². The highest BCUT2D eigenvalue weighted by Crippen LogP contribution is 2.31. The van der Waals surface area contributed by atoms with E-state index < -0.39 is 12.1 Å². The van der Waals surface area contributed by atoms with Crippen LogP contribution in [0.5, 0.6) is 5.75 Å². The summed E-state index contributed by atoms with van der Waals surface area (Å²) in [6, 6.07) is 4.62. The highest BCUT2D eigenvalue weighted by atomic mass is 79.9. The quantitative estimate of drug-likeness (QED) is 0.741. The van der Waals surface area contributed by atoms with Crippen molar-refractivity contribution in [1.29, 1.82) is 0 Å². The van der Waals surface area contributed by atoms with Gasteiger partial charge < -0.3 is 15.9 Å². The molecule has 0 radical (unpaired) electrons. The number of aliphatic hydroxyl groups excluding tert-OH is 1. The summed E-state index contributed by atoms with van der Waals surface area (Å²) in [4.78, 5) is 0. The molecule has 0 aromatic heterocycles. The minimum absolute atomic E-state index is 0.0934. The number of hydrogen-bond acceptors (Lipinski definition) is 3. The van der Waals surface area contributed by atoms with Gasteiger partial charge in [-0.1, -0.05) is 12.1 Å². The maximum Gasteiger partial charge on any atom is 0.134 e. The summed E-state index contributed by atoms with van der Waals surface area (Å²) in [5.41, 5.74) is 6.22. The van der Waals surface area contributed by atoms with Crippen LogP contribution in [0, 0.1) is 0 Å². The minimum atomic E-state index is -0.680. The Bertz CT molecular complexity index is 302. The molecule has 0 spiro atoms. The number of hydrogen-bond donors (Lipinski definition) is 3. The summed E-state index contributed by atoms with van der Waals surface area (Å²) in [5.74, 6) is 0.0934. The van der Waals surface area contributed by atoms with Crippen LogP contribution in [-0.2, 0) is 0 Å².